The summed E-state index contributed by atoms with van der Waals surface area (Å²) in [6.45, 7) is 1.82. The second kappa shape index (κ2) is 8.83. The molecule has 3 rings (SSSR count). The summed E-state index contributed by atoms with van der Waals surface area (Å²) < 4.78 is 0. The van der Waals surface area contributed by atoms with Gasteiger partial charge in [0.05, 0.1) is 4.92 Å². The molecule has 1 aliphatic rings. The molecule has 2 aromatic carbocycles. The molecule has 0 radical (unpaired) electrons. The topological polar surface area (TPSA) is 96.3 Å². The number of anilines is 1. The van der Waals surface area contributed by atoms with Crippen molar-refractivity contribution in [1.29, 1.82) is 0 Å². The predicted molar refractivity (Wildman–Crippen MR) is 105 cm³/mol. The summed E-state index contributed by atoms with van der Waals surface area (Å²) in [4.78, 5) is 23.3. The first kappa shape index (κ1) is 19.1. The van der Waals surface area contributed by atoms with Gasteiger partial charge in [-0.2, -0.15) is 0 Å². The van der Waals surface area contributed by atoms with E-state index >= 15 is 0 Å². The van der Waals surface area contributed by atoms with Crippen LogP contribution in [0.25, 0.3) is 0 Å². The monoisotopic (exact) mass is 388 g/mol. The largest absolute Gasteiger partial charge is 0.375 e. The van der Waals surface area contributed by atoms with Gasteiger partial charge in [-0.3, -0.25) is 14.9 Å². The van der Waals surface area contributed by atoms with Gasteiger partial charge in [0.2, 0.25) is 0 Å². The Balaban J connectivity index is 1.69. The van der Waals surface area contributed by atoms with Gasteiger partial charge in [-0.05, 0) is 43.1 Å². The molecule has 0 spiro atoms. The lowest BCUT2D eigenvalue weighted by Crippen LogP contribution is -2.37. The molecule has 0 bridgehead atoms. The van der Waals surface area contributed by atoms with E-state index < -0.39 is 4.92 Å². The highest BCUT2D eigenvalue weighted by Crippen LogP contribution is 2.27. The lowest BCUT2D eigenvalue weighted by molar-refractivity contribution is -0.384. The van der Waals surface area contributed by atoms with Crippen LogP contribution in [0.15, 0.2) is 42.5 Å². The number of hydrogen-bond donors (Lipinski definition) is 3. The van der Waals surface area contributed by atoms with Gasteiger partial charge in [0.1, 0.15) is 5.69 Å². The lowest BCUT2D eigenvalue weighted by Gasteiger charge is -2.12. The maximum Gasteiger partial charge on any atom is 0.293 e. The lowest BCUT2D eigenvalue weighted by atomic mass is 10.1. The minimum Gasteiger partial charge on any atom is -0.375 e. The van der Waals surface area contributed by atoms with Gasteiger partial charge in [-0.1, -0.05) is 29.8 Å². The molecule has 8 heteroatoms. The Kier molecular flexibility index (Phi) is 6.26. The van der Waals surface area contributed by atoms with Crippen LogP contribution in [0.3, 0.4) is 0 Å². The maximum atomic E-state index is 12.3. The number of nitro groups is 1. The molecule has 142 valence electrons. The van der Waals surface area contributed by atoms with Crippen LogP contribution in [0.1, 0.15) is 28.8 Å². The Labute approximate surface area is 162 Å². The third-order valence-corrected chi connectivity index (χ3v) is 4.92. The molecule has 27 heavy (non-hydrogen) atoms. The van der Waals surface area contributed by atoms with E-state index in [9.17, 15) is 14.9 Å². The van der Waals surface area contributed by atoms with E-state index in [1.54, 1.807) is 18.2 Å². The van der Waals surface area contributed by atoms with Gasteiger partial charge in [0, 0.05) is 35.8 Å². The Morgan fingerprint density at radius 2 is 2.11 bits per heavy atom. The number of benzene rings is 2. The van der Waals surface area contributed by atoms with Crippen LogP contribution in [0.4, 0.5) is 11.4 Å². The molecule has 7 nitrogen and oxygen atoms in total. The van der Waals surface area contributed by atoms with Crippen LogP contribution in [0.5, 0.6) is 0 Å². The zero-order valence-electron chi connectivity index (χ0n) is 14.7. The van der Waals surface area contributed by atoms with E-state index in [1.165, 1.54) is 6.07 Å². The zero-order valence-corrected chi connectivity index (χ0v) is 15.5. The first-order chi connectivity index (χ1) is 13.0. The summed E-state index contributed by atoms with van der Waals surface area (Å²) in [7, 11) is 0. The van der Waals surface area contributed by atoms with Crippen molar-refractivity contribution in [3.63, 3.8) is 0 Å². The Bertz CT molecular complexity index is 837. The summed E-state index contributed by atoms with van der Waals surface area (Å²) in [5, 5.41) is 21.2. The number of halogens is 1. The van der Waals surface area contributed by atoms with Crippen molar-refractivity contribution in [1.82, 2.24) is 10.6 Å². The van der Waals surface area contributed by atoms with E-state index in [1.807, 2.05) is 18.2 Å². The molecule has 1 unspecified atom stereocenters. The van der Waals surface area contributed by atoms with Crippen molar-refractivity contribution >= 4 is 28.9 Å². The molecule has 1 aliphatic heterocycles. The number of nitro benzene ring substituents is 1. The summed E-state index contributed by atoms with van der Waals surface area (Å²) in [6.07, 6.45) is 2.11. The third kappa shape index (κ3) is 4.96. The number of nitrogens with zero attached hydrogens (tertiary/aromatic N) is 1. The van der Waals surface area contributed by atoms with E-state index in [4.69, 9.17) is 11.6 Å². The maximum absolute atomic E-state index is 12.3. The van der Waals surface area contributed by atoms with Crippen molar-refractivity contribution in [2.75, 3.05) is 18.4 Å². The van der Waals surface area contributed by atoms with E-state index in [2.05, 4.69) is 16.0 Å². The quantitative estimate of drug-likeness (QED) is 0.499. The van der Waals surface area contributed by atoms with Gasteiger partial charge in [0.15, 0.2) is 0 Å². The van der Waals surface area contributed by atoms with Gasteiger partial charge in [-0.25, -0.2) is 0 Å². The fourth-order valence-electron chi connectivity index (χ4n) is 3.05. The molecule has 2 aromatic rings. The van der Waals surface area contributed by atoms with Crippen molar-refractivity contribution in [2.24, 2.45) is 0 Å². The standard InChI is InChI=1S/C19H21ClN4O3/c20-16-6-2-1-4-14(16)11-22-17-8-7-13(10-18(17)24(26)27)19(25)23-12-15-5-3-9-21-15/h1-2,4,6-8,10,15,21-22H,3,5,9,11-12H2,(H,23,25). The molecular weight excluding hydrogens is 368 g/mol. The molecule has 1 saturated heterocycles. The highest BCUT2D eigenvalue weighted by atomic mass is 35.5. The fraction of sp³-hybridized carbons (Fsp3) is 0.316. The minimum atomic E-state index is -0.496. The highest BCUT2D eigenvalue weighted by Gasteiger charge is 2.19. The van der Waals surface area contributed by atoms with E-state index in [-0.39, 0.29) is 23.2 Å². The summed E-state index contributed by atoms with van der Waals surface area (Å²) in [5.41, 5.74) is 1.30. The average molecular weight is 389 g/mol. The normalized spacial score (nSPS) is 16.1. The minimum absolute atomic E-state index is 0.145. The van der Waals surface area contributed by atoms with Crippen molar-refractivity contribution in [3.05, 3.63) is 68.7 Å². The smallest absolute Gasteiger partial charge is 0.293 e. The molecule has 0 aliphatic carbocycles. The van der Waals surface area contributed by atoms with Crippen LogP contribution in [0.2, 0.25) is 5.02 Å². The second-order valence-electron chi connectivity index (χ2n) is 6.44. The van der Waals surface area contributed by atoms with Crippen molar-refractivity contribution in [3.8, 4) is 0 Å². The molecule has 1 heterocycles. The number of amides is 1. The van der Waals surface area contributed by atoms with Gasteiger partial charge >= 0.3 is 0 Å². The fourth-order valence-corrected chi connectivity index (χ4v) is 3.26. The summed E-state index contributed by atoms with van der Waals surface area (Å²) >= 11 is 6.12. The van der Waals surface area contributed by atoms with Crippen LogP contribution in [-0.2, 0) is 6.54 Å². The van der Waals surface area contributed by atoms with E-state index in [0.29, 0.717) is 23.8 Å². The highest BCUT2D eigenvalue weighted by molar-refractivity contribution is 6.31. The van der Waals surface area contributed by atoms with Gasteiger partial charge in [0.25, 0.3) is 11.6 Å². The molecular formula is C19H21ClN4O3. The molecule has 1 amide bonds. The van der Waals surface area contributed by atoms with Crippen LogP contribution >= 0.6 is 11.6 Å². The Morgan fingerprint density at radius 1 is 1.30 bits per heavy atom. The number of carbonyl (C=O) groups is 1. The number of nitrogens with one attached hydrogen (secondary N) is 3. The zero-order chi connectivity index (χ0) is 19.2. The Morgan fingerprint density at radius 3 is 2.81 bits per heavy atom. The van der Waals surface area contributed by atoms with Gasteiger partial charge < -0.3 is 16.0 Å². The number of hydrogen-bond acceptors (Lipinski definition) is 5. The predicted octanol–water partition coefficient (Wildman–Crippen LogP) is 3.34. The molecule has 0 aromatic heterocycles. The molecule has 1 atom stereocenters. The SMILES string of the molecule is O=C(NCC1CCCN1)c1ccc(NCc2ccccc2Cl)c([N+](=O)[O-])c1. The van der Waals surface area contributed by atoms with Crippen LogP contribution in [0, 0.1) is 10.1 Å². The second-order valence-corrected chi connectivity index (χ2v) is 6.84. The third-order valence-electron chi connectivity index (χ3n) is 4.56. The van der Waals surface area contributed by atoms with Crippen LogP contribution in [-0.4, -0.2) is 30.0 Å². The summed E-state index contributed by atoms with van der Waals surface area (Å²) in [6, 6.07) is 12.0. The summed E-state index contributed by atoms with van der Waals surface area (Å²) in [5.74, 6) is -0.315. The number of rotatable bonds is 7. The van der Waals surface area contributed by atoms with E-state index in [0.717, 1.165) is 24.9 Å². The van der Waals surface area contributed by atoms with Crippen molar-refractivity contribution in [2.45, 2.75) is 25.4 Å². The Hall–Kier alpha value is -2.64. The molecule has 0 saturated carbocycles. The molecule has 1 fully saturated rings. The van der Waals surface area contributed by atoms with Crippen molar-refractivity contribution < 1.29 is 9.72 Å². The first-order valence-corrected chi connectivity index (χ1v) is 9.19. The molecule has 3 N–H and O–H groups in total. The van der Waals surface area contributed by atoms with Crippen LogP contribution < -0.4 is 16.0 Å². The number of carbonyl (C=O) groups excluding carboxylic acids is 1. The average Bonchev–Trinajstić information content (AvgIpc) is 3.19. The first-order valence-electron chi connectivity index (χ1n) is 8.82. The van der Waals surface area contributed by atoms with Gasteiger partial charge in [-0.15, -0.1) is 0 Å².